The van der Waals surface area contributed by atoms with Crippen molar-refractivity contribution in [2.75, 3.05) is 0 Å². The van der Waals surface area contributed by atoms with Crippen LogP contribution in [0.1, 0.15) is 27.0 Å². The van der Waals surface area contributed by atoms with E-state index in [1.807, 2.05) is 19.9 Å². The smallest absolute Gasteiger partial charge is 0.271 e. The highest BCUT2D eigenvalue weighted by molar-refractivity contribution is 6.32. The zero-order valence-electron chi connectivity index (χ0n) is 11.7. The summed E-state index contributed by atoms with van der Waals surface area (Å²) in [6, 6.07) is 10.6. The van der Waals surface area contributed by atoms with Crippen LogP contribution in [-0.2, 0) is 0 Å². The van der Waals surface area contributed by atoms with Gasteiger partial charge in [-0.1, -0.05) is 29.3 Å². The Morgan fingerprint density at radius 1 is 1.24 bits per heavy atom. The molecule has 2 aromatic carbocycles. The molecule has 4 nitrogen and oxygen atoms in total. The zero-order valence-corrected chi connectivity index (χ0v) is 12.5. The van der Waals surface area contributed by atoms with Gasteiger partial charge in [-0.3, -0.25) is 4.79 Å². The van der Waals surface area contributed by atoms with E-state index in [0.717, 1.165) is 11.1 Å². The van der Waals surface area contributed by atoms with Crippen molar-refractivity contribution < 1.29 is 9.90 Å². The van der Waals surface area contributed by atoms with Crippen LogP contribution in [0.15, 0.2) is 41.5 Å². The second-order valence-electron chi connectivity index (χ2n) is 4.75. The molecule has 0 spiro atoms. The average Bonchev–Trinajstić information content (AvgIpc) is 2.43. The standard InChI is InChI=1S/C16H15ClN2O2/c1-10-4-3-5-12(6-10)16(21)19-18-9-13-7-11(2)8-14(17)15(13)20/h3-9,20H,1-2H3,(H,19,21)/b18-9+. The fourth-order valence-electron chi connectivity index (χ4n) is 1.87. The van der Waals surface area contributed by atoms with Crippen molar-refractivity contribution in [2.24, 2.45) is 5.10 Å². The Morgan fingerprint density at radius 2 is 2.00 bits per heavy atom. The number of benzene rings is 2. The molecule has 1 amide bonds. The summed E-state index contributed by atoms with van der Waals surface area (Å²) in [7, 11) is 0. The van der Waals surface area contributed by atoms with Gasteiger partial charge >= 0.3 is 0 Å². The second-order valence-corrected chi connectivity index (χ2v) is 5.16. The van der Waals surface area contributed by atoms with Gasteiger partial charge in [-0.05, 0) is 43.7 Å². The van der Waals surface area contributed by atoms with E-state index in [9.17, 15) is 9.90 Å². The van der Waals surface area contributed by atoms with Gasteiger partial charge in [0.2, 0.25) is 0 Å². The van der Waals surface area contributed by atoms with Gasteiger partial charge in [-0.25, -0.2) is 5.43 Å². The number of halogens is 1. The average molecular weight is 303 g/mol. The van der Waals surface area contributed by atoms with Gasteiger partial charge in [0, 0.05) is 11.1 Å². The topological polar surface area (TPSA) is 61.7 Å². The molecule has 108 valence electrons. The summed E-state index contributed by atoms with van der Waals surface area (Å²) in [5.41, 5.74) is 5.28. The quantitative estimate of drug-likeness (QED) is 0.674. The highest BCUT2D eigenvalue weighted by Gasteiger charge is 2.06. The molecular formula is C16H15ClN2O2. The Balaban J connectivity index is 2.11. The maximum atomic E-state index is 11.9. The predicted molar refractivity (Wildman–Crippen MR) is 84.1 cm³/mol. The fourth-order valence-corrected chi connectivity index (χ4v) is 2.15. The van der Waals surface area contributed by atoms with E-state index in [0.29, 0.717) is 11.1 Å². The largest absolute Gasteiger partial charge is 0.506 e. The Kier molecular flexibility index (Phi) is 4.60. The molecule has 0 heterocycles. The minimum Gasteiger partial charge on any atom is -0.506 e. The summed E-state index contributed by atoms with van der Waals surface area (Å²) < 4.78 is 0. The molecule has 0 aliphatic heterocycles. The van der Waals surface area contributed by atoms with Crippen LogP contribution in [0.25, 0.3) is 0 Å². The van der Waals surface area contributed by atoms with E-state index in [1.165, 1.54) is 6.21 Å². The number of hydrazone groups is 1. The summed E-state index contributed by atoms with van der Waals surface area (Å²) in [6.07, 6.45) is 1.36. The molecule has 2 rings (SSSR count). The number of nitrogens with zero attached hydrogens (tertiary/aromatic N) is 1. The third-order valence-corrected chi connectivity index (χ3v) is 3.18. The van der Waals surface area contributed by atoms with E-state index < -0.39 is 0 Å². The monoisotopic (exact) mass is 302 g/mol. The van der Waals surface area contributed by atoms with Gasteiger partial charge in [-0.15, -0.1) is 0 Å². The van der Waals surface area contributed by atoms with Crippen LogP contribution in [0.3, 0.4) is 0 Å². The first-order chi connectivity index (χ1) is 9.97. The molecule has 0 atom stereocenters. The van der Waals surface area contributed by atoms with Gasteiger partial charge in [-0.2, -0.15) is 5.10 Å². The van der Waals surface area contributed by atoms with Gasteiger partial charge < -0.3 is 5.11 Å². The summed E-state index contributed by atoms with van der Waals surface area (Å²) >= 11 is 5.87. The lowest BCUT2D eigenvalue weighted by Crippen LogP contribution is -2.17. The van der Waals surface area contributed by atoms with Crippen LogP contribution in [0.5, 0.6) is 5.75 Å². The predicted octanol–water partition coefficient (Wildman–Crippen LogP) is 3.43. The van der Waals surface area contributed by atoms with E-state index in [4.69, 9.17) is 11.6 Å². The maximum absolute atomic E-state index is 11.9. The lowest BCUT2D eigenvalue weighted by Gasteiger charge is -2.04. The summed E-state index contributed by atoms with van der Waals surface area (Å²) in [5.74, 6) is -0.371. The van der Waals surface area contributed by atoms with Crippen molar-refractivity contribution in [1.29, 1.82) is 0 Å². The highest BCUT2D eigenvalue weighted by atomic mass is 35.5. The zero-order chi connectivity index (χ0) is 15.4. The molecule has 0 bridgehead atoms. The first-order valence-corrected chi connectivity index (χ1v) is 6.74. The van der Waals surface area contributed by atoms with Crippen molar-refractivity contribution in [3.8, 4) is 5.75 Å². The third-order valence-electron chi connectivity index (χ3n) is 2.89. The van der Waals surface area contributed by atoms with Crippen LogP contribution in [-0.4, -0.2) is 17.2 Å². The van der Waals surface area contributed by atoms with Gasteiger partial charge in [0.15, 0.2) is 0 Å². The van der Waals surface area contributed by atoms with E-state index >= 15 is 0 Å². The number of carbonyl (C=O) groups excluding carboxylic acids is 1. The van der Waals surface area contributed by atoms with Gasteiger partial charge in [0.05, 0.1) is 11.2 Å². The summed E-state index contributed by atoms with van der Waals surface area (Å²) in [5, 5.41) is 13.9. The molecule has 0 unspecified atom stereocenters. The SMILES string of the molecule is Cc1cccc(C(=O)N/N=C/c2cc(C)cc(Cl)c2O)c1. The van der Waals surface area contributed by atoms with Gasteiger partial charge in [0.1, 0.15) is 5.75 Å². The molecule has 0 aromatic heterocycles. The first kappa shape index (κ1) is 15.1. The summed E-state index contributed by atoms with van der Waals surface area (Å²) in [6.45, 7) is 3.76. The number of aromatic hydroxyl groups is 1. The molecule has 0 saturated carbocycles. The number of phenolic OH excluding ortho intramolecular Hbond substituents is 1. The number of hydrogen-bond acceptors (Lipinski definition) is 3. The van der Waals surface area contributed by atoms with Crippen LogP contribution in [0.2, 0.25) is 5.02 Å². The Morgan fingerprint density at radius 3 is 2.71 bits per heavy atom. The molecular weight excluding hydrogens is 288 g/mol. The Hall–Kier alpha value is -2.33. The lowest BCUT2D eigenvalue weighted by molar-refractivity contribution is 0.0955. The van der Waals surface area contributed by atoms with Crippen molar-refractivity contribution in [1.82, 2.24) is 5.43 Å². The van der Waals surface area contributed by atoms with Crippen LogP contribution in [0, 0.1) is 13.8 Å². The third kappa shape index (κ3) is 3.83. The minimum absolute atomic E-state index is 0.0594. The number of nitrogens with one attached hydrogen (secondary N) is 1. The van der Waals surface area contributed by atoms with E-state index in [1.54, 1.807) is 30.3 Å². The first-order valence-electron chi connectivity index (χ1n) is 6.36. The van der Waals surface area contributed by atoms with Crippen molar-refractivity contribution in [3.05, 3.63) is 63.7 Å². The maximum Gasteiger partial charge on any atom is 0.271 e. The Labute approximate surface area is 128 Å². The van der Waals surface area contributed by atoms with Crippen molar-refractivity contribution in [2.45, 2.75) is 13.8 Å². The number of amides is 1. The molecule has 2 N–H and O–H groups in total. The number of carbonyl (C=O) groups is 1. The molecule has 21 heavy (non-hydrogen) atoms. The van der Waals surface area contributed by atoms with Crippen molar-refractivity contribution in [3.63, 3.8) is 0 Å². The number of aryl methyl sites for hydroxylation is 2. The second kappa shape index (κ2) is 6.41. The normalized spacial score (nSPS) is 10.8. The van der Waals surface area contributed by atoms with Crippen LogP contribution < -0.4 is 5.43 Å². The van der Waals surface area contributed by atoms with E-state index in [-0.39, 0.29) is 16.7 Å². The Bertz CT molecular complexity index is 711. The molecule has 0 saturated heterocycles. The van der Waals surface area contributed by atoms with Crippen LogP contribution >= 0.6 is 11.6 Å². The summed E-state index contributed by atoms with van der Waals surface area (Å²) in [4.78, 5) is 11.9. The number of phenols is 1. The molecule has 5 heteroatoms. The molecule has 0 fully saturated rings. The fraction of sp³-hybridized carbons (Fsp3) is 0.125. The molecule has 2 aromatic rings. The minimum atomic E-state index is -0.312. The number of rotatable bonds is 3. The van der Waals surface area contributed by atoms with E-state index in [2.05, 4.69) is 10.5 Å². The van der Waals surface area contributed by atoms with Gasteiger partial charge in [0.25, 0.3) is 5.91 Å². The molecule has 0 aliphatic carbocycles. The molecule has 0 radical (unpaired) electrons. The van der Waals surface area contributed by atoms with Crippen molar-refractivity contribution >= 4 is 23.7 Å². The molecule has 0 aliphatic rings. The number of hydrogen-bond donors (Lipinski definition) is 2. The lowest BCUT2D eigenvalue weighted by atomic mass is 10.1. The highest BCUT2D eigenvalue weighted by Crippen LogP contribution is 2.27. The van der Waals surface area contributed by atoms with Crippen LogP contribution in [0.4, 0.5) is 0 Å².